The standard InChI is InChI=1S/C16H24O2/c1-16(2,18-15-6-4-3-5-7-15)12-13-8-10-14(17)11-9-13/h8-11,15,17H,3-7,12H2,1-2H3. The highest BCUT2D eigenvalue weighted by atomic mass is 16.5. The van der Waals surface area contributed by atoms with E-state index < -0.39 is 0 Å². The van der Waals surface area contributed by atoms with E-state index in [0.29, 0.717) is 11.9 Å². The molecule has 0 bridgehead atoms. The lowest BCUT2D eigenvalue weighted by Gasteiger charge is -2.33. The van der Waals surface area contributed by atoms with E-state index in [1.165, 1.54) is 37.7 Å². The number of benzene rings is 1. The van der Waals surface area contributed by atoms with Gasteiger partial charge in [0, 0.05) is 6.42 Å². The Morgan fingerprint density at radius 2 is 1.72 bits per heavy atom. The van der Waals surface area contributed by atoms with Crippen molar-refractivity contribution in [2.75, 3.05) is 0 Å². The van der Waals surface area contributed by atoms with Crippen molar-refractivity contribution in [3.05, 3.63) is 29.8 Å². The molecule has 0 saturated heterocycles. The molecular formula is C16H24O2. The second kappa shape index (κ2) is 5.75. The van der Waals surface area contributed by atoms with Gasteiger partial charge in [-0.2, -0.15) is 0 Å². The summed E-state index contributed by atoms with van der Waals surface area (Å²) in [5.41, 5.74) is 1.09. The van der Waals surface area contributed by atoms with Gasteiger partial charge in [-0.1, -0.05) is 31.4 Å². The zero-order valence-corrected chi connectivity index (χ0v) is 11.5. The molecule has 1 aliphatic rings. The molecule has 1 aromatic rings. The molecule has 0 unspecified atom stereocenters. The maximum Gasteiger partial charge on any atom is 0.115 e. The van der Waals surface area contributed by atoms with Crippen molar-refractivity contribution in [2.45, 2.75) is 64.1 Å². The Morgan fingerprint density at radius 3 is 2.33 bits per heavy atom. The van der Waals surface area contributed by atoms with Gasteiger partial charge in [-0.05, 0) is 44.4 Å². The summed E-state index contributed by atoms with van der Waals surface area (Å²) < 4.78 is 6.25. The second-order valence-corrected chi connectivity index (χ2v) is 5.98. The molecule has 100 valence electrons. The number of rotatable bonds is 4. The number of hydrogen-bond donors (Lipinski definition) is 1. The first-order chi connectivity index (χ1) is 8.55. The predicted octanol–water partition coefficient (Wildman–Crippen LogP) is 4.06. The first-order valence-electron chi connectivity index (χ1n) is 7.01. The van der Waals surface area contributed by atoms with Gasteiger partial charge in [0.25, 0.3) is 0 Å². The second-order valence-electron chi connectivity index (χ2n) is 5.98. The van der Waals surface area contributed by atoms with Crippen molar-refractivity contribution < 1.29 is 9.84 Å². The van der Waals surface area contributed by atoms with Crippen molar-refractivity contribution in [1.82, 2.24) is 0 Å². The van der Waals surface area contributed by atoms with Crippen LogP contribution >= 0.6 is 0 Å². The lowest BCUT2D eigenvalue weighted by Crippen LogP contribution is -2.33. The Balaban J connectivity index is 1.91. The summed E-state index contributed by atoms with van der Waals surface area (Å²) in [6, 6.07) is 7.43. The first kappa shape index (κ1) is 13.4. The molecule has 1 N–H and O–H groups in total. The molecule has 0 atom stereocenters. The van der Waals surface area contributed by atoms with Crippen LogP contribution in [0.3, 0.4) is 0 Å². The lowest BCUT2D eigenvalue weighted by atomic mass is 9.94. The number of phenols is 1. The van der Waals surface area contributed by atoms with E-state index >= 15 is 0 Å². The van der Waals surface area contributed by atoms with Crippen LogP contribution in [-0.2, 0) is 11.2 Å². The van der Waals surface area contributed by atoms with Crippen LogP contribution in [0.2, 0.25) is 0 Å². The number of aromatic hydroxyl groups is 1. The highest BCUT2D eigenvalue weighted by Crippen LogP contribution is 2.27. The molecule has 0 heterocycles. The summed E-state index contributed by atoms with van der Waals surface area (Å²) in [5, 5.41) is 9.28. The van der Waals surface area contributed by atoms with Gasteiger partial charge in [-0.25, -0.2) is 0 Å². The summed E-state index contributed by atoms with van der Waals surface area (Å²) in [6.07, 6.45) is 7.71. The normalized spacial score (nSPS) is 17.9. The molecule has 1 aromatic carbocycles. The zero-order valence-electron chi connectivity index (χ0n) is 11.5. The van der Waals surface area contributed by atoms with Crippen molar-refractivity contribution in [1.29, 1.82) is 0 Å². The van der Waals surface area contributed by atoms with Crippen LogP contribution in [0, 0.1) is 0 Å². The molecule has 2 heteroatoms. The Morgan fingerprint density at radius 1 is 1.11 bits per heavy atom. The first-order valence-corrected chi connectivity index (χ1v) is 7.01. The molecule has 2 nitrogen and oxygen atoms in total. The summed E-state index contributed by atoms with van der Waals surface area (Å²) >= 11 is 0. The zero-order chi connectivity index (χ0) is 13.0. The largest absolute Gasteiger partial charge is 0.508 e. The molecule has 0 spiro atoms. The topological polar surface area (TPSA) is 29.5 Å². The third-order valence-electron chi connectivity index (χ3n) is 3.60. The van der Waals surface area contributed by atoms with Crippen molar-refractivity contribution in [3.8, 4) is 5.75 Å². The van der Waals surface area contributed by atoms with Gasteiger partial charge in [-0.15, -0.1) is 0 Å². The minimum atomic E-state index is -0.126. The van der Waals surface area contributed by atoms with Crippen LogP contribution in [0.15, 0.2) is 24.3 Å². The third-order valence-corrected chi connectivity index (χ3v) is 3.60. The minimum absolute atomic E-state index is 0.126. The van der Waals surface area contributed by atoms with Crippen LogP contribution in [0.1, 0.15) is 51.5 Å². The number of ether oxygens (including phenoxy) is 1. The van der Waals surface area contributed by atoms with Crippen LogP contribution < -0.4 is 0 Å². The van der Waals surface area contributed by atoms with Gasteiger partial charge in [0.15, 0.2) is 0 Å². The average molecular weight is 248 g/mol. The van der Waals surface area contributed by atoms with Gasteiger partial charge in [0.05, 0.1) is 11.7 Å². The van der Waals surface area contributed by atoms with Gasteiger partial charge >= 0.3 is 0 Å². The monoisotopic (exact) mass is 248 g/mol. The van der Waals surface area contributed by atoms with E-state index in [2.05, 4.69) is 13.8 Å². The minimum Gasteiger partial charge on any atom is -0.508 e. The van der Waals surface area contributed by atoms with Gasteiger partial charge < -0.3 is 9.84 Å². The Hall–Kier alpha value is -1.02. The number of phenolic OH excluding ortho intramolecular Hbond substituents is 1. The fourth-order valence-electron chi connectivity index (χ4n) is 2.78. The summed E-state index contributed by atoms with van der Waals surface area (Å²) in [7, 11) is 0. The smallest absolute Gasteiger partial charge is 0.115 e. The lowest BCUT2D eigenvalue weighted by molar-refractivity contribution is -0.0837. The van der Waals surface area contributed by atoms with E-state index in [0.717, 1.165) is 6.42 Å². The summed E-state index contributed by atoms with van der Waals surface area (Å²) in [5.74, 6) is 0.324. The highest BCUT2D eigenvalue weighted by molar-refractivity contribution is 5.26. The highest BCUT2D eigenvalue weighted by Gasteiger charge is 2.25. The van der Waals surface area contributed by atoms with E-state index in [9.17, 15) is 5.11 Å². The van der Waals surface area contributed by atoms with Crippen LogP contribution in [0.5, 0.6) is 5.75 Å². The number of hydrogen-bond acceptors (Lipinski definition) is 2. The van der Waals surface area contributed by atoms with Crippen molar-refractivity contribution >= 4 is 0 Å². The Kier molecular flexibility index (Phi) is 4.28. The molecule has 0 amide bonds. The van der Waals surface area contributed by atoms with Crippen molar-refractivity contribution in [2.24, 2.45) is 0 Å². The van der Waals surface area contributed by atoms with Crippen LogP contribution in [-0.4, -0.2) is 16.8 Å². The molecular weight excluding hydrogens is 224 g/mol. The molecule has 1 saturated carbocycles. The van der Waals surface area contributed by atoms with E-state index in [1.807, 2.05) is 12.1 Å². The molecule has 0 aromatic heterocycles. The molecule has 2 rings (SSSR count). The molecule has 1 aliphatic carbocycles. The maximum absolute atomic E-state index is 9.28. The summed E-state index contributed by atoms with van der Waals surface area (Å²) in [6.45, 7) is 4.32. The average Bonchev–Trinajstić information content (AvgIpc) is 2.32. The van der Waals surface area contributed by atoms with E-state index in [4.69, 9.17) is 4.74 Å². The Labute approximate surface area is 110 Å². The molecule has 18 heavy (non-hydrogen) atoms. The van der Waals surface area contributed by atoms with Gasteiger partial charge in [0.1, 0.15) is 5.75 Å². The fraction of sp³-hybridized carbons (Fsp3) is 0.625. The fourth-order valence-corrected chi connectivity index (χ4v) is 2.78. The predicted molar refractivity (Wildman–Crippen MR) is 73.8 cm³/mol. The third kappa shape index (κ3) is 4.02. The quantitative estimate of drug-likeness (QED) is 0.870. The Bertz CT molecular complexity index is 361. The van der Waals surface area contributed by atoms with E-state index in [-0.39, 0.29) is 5.60 Å². The maximum atomic E-state index is 9.28. The van der Waals surface area contributed by atoms with Crippen LogP contribution in [0.4, 0.5) is 0 Å². The SMILES string of the molecule is CC(C)(Cc1ccc(O)cc1)OC1CCCCC1. The van der Waals surface area contributed by atoms with E-state index in [1.54, 1.807) is 12.1 Å². The molecule has 1 fully saturated rings. The van der Waals surface area contributed by atoms with Crippen LogP contribution in [0.25, 0.3) is 0 Å². The molecule has 0 radical (unpaired) electrons. The van der Waals surface area contributed by atoms with Gasteiger partial charge in [0.2, 0.25) is 0 Å². The van der Waals surface area contributed by atoms with Crippen molar-refractivity contribution in [3.63, 3.8) is 0 Å². The molecule has 0 aliphatic heterocycles. The summed E-state index contributed by atoms with van der Waals surface area (Å²) in [4.78, 5) is 0. The van der Waals surface area contributed by atoms with Gasteiger partial charge in [-0.3, -0.25) is 0 Å².